The topological polar surface area (TPSA) is 60.5 Å². The van der Waals surface area contributed by atoms with Gasteiger partial charge >= 0.3 is 0 Å². The summed E-state index contributed by atoms with van der Waals surface area (Å²) in [6.07, 6.45) is 3.40. The van der Waals surface area contributed by atoms with Crippen LogP contribution in [0.3, 0.4) is 0 Å². The molecule has 2 aromatic heterocycles. The molecule has 1 aromatic carbocycles. The largest absolute Gasteiger partial charge is 0.497 e. The Hall–Kier alpha value is -2.22. The third kappa shape index (κ3) is 3.65. The quantitative estimate of drug-likeness (QED) is 0.716. The second-order valence-electron chi connectivity index (χ2n) is 5.96. The number of amides is 1. The van der Waals surface area contributed by atoms with Crippen LogP contribution in [0.2, 0.25) is 0 Å². The zero-order valence-electron chi connectivity index (χ0n) is 14.3. The lowest BCUT2D eigenvalue weighted by Gasteiger charge is -2.13. The van der Waals surface area contributed by atoms with Gasteiger partial charge in [0.05, 0.1) is 25.9 Å². The molecule has 134 valence electrons. The molecule has 0 bridgehead atoms. The van der Waals surface area contributed by atoms with Crippen molar-refractivity contribution >= 4 is 33.7 Å². The number of rotatable bonds is 5. The summed E-state index contributed by atoms with van der Waals surface area (Å²) in [6, 6.07) is 7.97. The van der Waals surface area contributed by atoms with Crippen molar-refractivity contribution in [3.63, 3.8) is 0 Å². The van der Waals surface area contributed by atoms with E-state index >= 15 is 0 Å². The van der Waals surface area contributed by atoms with Gasteiger partial charge in [-0.25, -0.2) is 4.98 Å². The first-order chi connectivity index (χ1) is 12.7. The number of hydrogen-bond donors (Lipinski definition) is 1. The van der Waals surface area contributed by atoms with Crippen LogP contribution >= 0.6 is 22.7 Å². The van der Waals surface area contributed by atoms with Crippen molar-refractivity contribution in [3.8, 4) is 5.75 Å². The number of carbonyl (C=O) groups excluding carboxylic acids is 1. The number of aromatic nitrogens is 1. The number of thiazole rings is 1. The SMILES string of the molecule is COc1ccc(Cc2cnc(NC(=O)c3csc4c3CCOC4)s2)cc1. The van der Waals surface area contributed by atoms with Gasteiger partial charge in [0.2, 0.25) is 0 Å². The van der Waals surface area contributed by atoms with Crippen molar-refractivity contribution in [2.24, 2.45) is 0 Å². The van der Waals surface area contributed by atoms with Gasteiger partial charge in [0.25, 0.3) is 5.91 Å². The van der Waals surface area contributed by atoms with Crippen LogP contribution in [0.4, 0.5) is 5.13 Å². The van der Waals surface area contributed by atoms with E-state index in [2.05, 4.69) is 10.3 Å². The summed E-state index contributed by atoms with van der Waals surface area (Å²) in [6.45, 7) is 1.28. The molecule has 3 aromatic rings. The minimum Gasteiger partial charge on any atom is -0.497 e. The van der Waals surface area contributed by atoms with Crippen molar-refractivity contribution in [2.45, 2.75) is 19.4 Å². The molecule has 1 N–H and O–H groups in total. The first-order valence-corrected chi connectivity index (χ1v) is 9.98. The van der Waals surface area contributed by atoms with Crippen LogP contribution in [0.5, 0.6) is 5.75 Å². The lowest BCUT2D eigenvalue weighted by atomic mass is 10.1. The molecule has 1 aliphatic rings. The second-order valence-corrected chi connectivity index (χ2v) is 8.04. The van der Waals surface area contributed by atoms with Gasteiger partial charge in [-0.3, -0.25) is 10.1 Å². The van der Waals surface area contributed by atoms with Gasteiger partial charge in [-0.1, -0.05) is 12.1 Å². The summed E-state index contributed by atoms with van der Waals surface area (Å²) < 4.78 is 10.6. The fourth-order valence-corrected chi connectivity index (χ4v) is 4.76. The van der Waals surface area contributed by atoms with Crippen LogP contribution in [-0.4, -0.2) is 24.6 Å². The van der Waals surface area contributed by atoms with Crippen LogP contribution < -0.4 is 10.1 Å². The maximum Gasteiger partial charge on any atom is 0.258 e. The fraction of sp³-hybridized carbons (Fsp3) is 0.263. The number of fused-ring (bicyclic) bond motifs is 1. The van der Waals surface area contributed by atoms with E-state index in [1.807, 2.05) is 35.8 Å². The van der Waals surface area contributed by atoms with Crippen molar-refractivity contribution in [1.82, 2.24) is 4.98 Å². The average molecular weight is 386 g/mol. The second kappa shape index (κ2) is 7.57. The number of hydrogen-bond acceptors (Lipinski definition) is 6. The molecular weight excluding hydrogens is 368 g/mol. The Morgan fingerprint density at radius 2 is 2.19 bits per heavy atom. The van der Waals surface area contributed by atoms with Crippen LogP contribution in [0.15, 0.2) is 35.8 Å². The van der Waals surface area contributed by atoms with Crippen LogP contribution in [0, 0.1) is 0 Å². The number of nitrogens with one attached hydrogen (secondary N) is 1. The minimum atomic E-state index is -0.0882. The van der Waals surface area contributed by atoms with Crippen LogP contribution in [0.1, 0.15) is 31.2 Å². The van der Waals surface area contributed by atoms with Gasteiger partial charge in [-0.05, 0) is 29.7 Å². The zero-order valence-corrected chi connectivity index (χ0v) is 15.9. The normalized spacial score (nSPS) is 13.3. The monoisotopic (exact) mass is 386 g/mol. The number of thiophene rings is 1. The molecule has 0 aliphatic carbocycles. The molecule has 0 atom stereocenters. The highest BCUT2D eigenvalue weighted by atomic mass is 32.1. The first-order valence-electron chi connectivity index (χ1n) is 8.29. The smallest absolute Gasteiger partial charge is 0.258 e. The molecule has 0 spiro atoms. The predicted octanol–water partition coefficient (Wildman–Crippen LogP) is 4.13. The van der Waals surface area contributed by atoms with Crippen molar-refractivity contribution in [2.75, 3.05) is 19.0 Å². The number of methoxy groups -OCH3 is 1. The van der Waals surface area contributed by atoms with Gasteiger partial charge < -0.3 is 9.47 Å². The summed E-state index contributed by atoms with van der Waals surface area (Å²) in [5, 5.41) is 5.48. The summed E-state index contributed by atoms with van der Waals surface area (Å²) >= 11 is 3.09. The van der Waals surface area contributed by atoms with Crippen molar-refractivity contribution < 1.29 is 14.3 Å². The van der Waals surface area contributed by atoms with Gasteiger partial charge in [0.1, 0.15) is 5.75 Å². The molecule has 0 radical (unpaired) electrons. The molecule has 0 saturated carbocycles. The van der Waals surface area contributed by atoms with E-state index in [0.29, 0.717) is 18.3 Å². The molecular formula is C19H18N2O3S2. The lowest BCUT2D eigenvalue weighted by Crippen LogP contribution is -2.16. The van der Waals surface area contributed by atoms with E-state index in [0.717, 1.165) is 39.5 Å². The summed E-state index contributed by atoms with van der Waals surface area (Å²) in [5.74, 6) is 0.755. The minimum absolute atomic E-state index is 0.0882. The molecule has 0 unspecified atom stereocenters. The van der Waals surface area contributed by atoms with E-state index in [-0.39, 0.29) is 5.91 Å². The third-order valence-electron chi connectivity index (χ3n) is 4.27. The molecule has 0 saturated heterocycles. The summed E-state index contributed by atoms with van der Waals surface area (Å²) in [5.41, 5.74) is 3.05. The van der Waals surface area contributed by atoms with E-state index in [4.69, 9.17) is 9.47 Å². The Morgan fingerprint density at radius 3 is 3.00 bits per heavy atom. The molecule has 3 heterocycles. The highest BCUT2D eigenvalue weighted by Crippen LogP contribution is 2.29. The zero-order chi connectivity index (χ0) is 17.9. The fourth-order valence-electron chi connectivity index (χ4n) is 2.90. The first kappa shape index (κ1) is 17.2. The van der Waals surface area contributed by atoms with Gasteiger partial charge in [0.15, 0.2) is 5.13 Å². The van der Waals surface area contributed by atoms with E-state index in [9.17, 15) is 4.79 Å². The molecule has 4 rings (SSSR count). The third-order valence-corrected chi connectivity index (χ3v) is 6.18. The Labute approximate surface area is 159 Å². The number of carbonyl (C=O) groups is 1. The Bertz CT molecular complexity index is 915. The van der Waals surface area contributed by atoms with Gasteiger partial charge in [-0.15, -0.1) is 22.7 Å². The molecule has 1 aliphatic heterocycles. The maximum atomic E-state index is 12.6. The highest BCUT2D eigenvalue weighted by molar-refractivity contribution is 7.15. The molecule has 26 heavy (non-hydrogen) atoms. The van der Waals surface area contributed by atoms with E-state index in [1.54, 1.807) is 18.4 Å². The summed E-state index contributed by atoms with van der Waals surface area (Å²) in [4.78, 5) is 19.2. The average Bonchev–Trinajstić information content (AvgIpc) is 3.29. The molecule has 7 heteroatoms. The molecule has 1 amide bonds. The highest BCUT2D eigenvalue weighted by Gasteiger charge is 2.21. The Kier molecular flexibility index (Phi) is 5.01. The van der Waals surface area contributed by atoms with Gasteiger partial charge in [0, 0.05) is 27.8 Å². The molecule has 0 fully saturated rings. The Balaban J connectivity index is 1.43. The number of nitrogens with zero attached hydrogens (tertiary/aromatic N) is 1. The Morgan fingerprint density at radius 1 is 1.35 bits per heavy atom. The summed E-state index contributed by atoms with van der Waals surface area (Å²) in [7, 11) is 1.66. The van der Waals surface area contributed by atoms with E-state index < -0.39 is 0 Å². The van der Waals surface area contributed by atoms with Crippen molar-refractivity contribution in [1.29, 1.82) is 0 Å². The van der Waals surface area contributed by atoms with E-state index in [1.165, 1.54) is 16.9 Å². The van der Waals surface area contributed by atoms with Crippen LogP contribution in [0.25, 0.3) is 0 Å². The number of ether oxygens (including phenoxy) is 2. The number of anilines is 1. The number of benzene rings is 1. The lowest BCUT2D eigenvalue weighted by molar-refractivity contribution is 0.101. The van der Waals surface area contributed by atoms with Gasteiger partial charge in [-0.2, -0.15) is 0 Å². The maximum absolute atomic E-state index is 12.6. The standard InChI is InChI=1S/C19H18N2O3S2/c1-23-13-4-2-12(3-5-13)8-14-9-20-19(26-14)21-18(22)16-11-25-17-10-24-7-6-15(16)17/h2-5,9,11H,6-8,10H2,1H3,(H,20,21,22). The van der Waals surface area contributed by atoms with Crippen LogP contribution in [-0.2, 0) is 24.2 Å². The molecule has 5 nitrogen and oxygen atoms in total. The predicted molar refractivity (Wildman–Crippen MR) is 104 cm³/mol. The van der Waals surface area contributed by atoms with Crippen molar-refractivity contribution in [3.05, 3.63) is 62.3 Å².